The van der Waals surface area contributed by atoms with Gasteiger partial charge in [0, 0.05) is 38.3 Å². The van der Waals surface area contributed by atoms with Crippen LogP contribution in [0.2, 0.25) is 0 Å². The number of carbonyl (C=O) groups is 2. The highest BCUT2D eigenvalue weighted by molar-refractivity contribution is 7.98. The van der Waals surface area contributed by atoms with Gasteiger partial charge in [-0.3, -0.25) is 14.5 Å². The molecule has 0 radical (unpaired) electrons. The maximum absolute atomic E-state index is 13.3. The molecule has 186 valence electrons. The number of nitrogens with zero attached hydrogens (tertiary/aromatic N) is 3. The smallest absolute Gasteiger partial charge is 0.251 e. The van der Waals surface area contributed by atoms with Crippen LogP contribution in [0.3, 0.4) is 0 Å². The second-order valence-electron chi connectivity index (χ2n) is 10.0. The van der Waals surface area contributed by atoms with Crippen LogP contribution < -0.4 is 5.32 Å². The second kappa shape index (κ2) is 12.2. The zero-order chi connectivity index (χ0) is 25.4. The van der Waals surface area contributed by atoms with Crippen molar-refractivity contribution >= 4 is 23.6 Å². The van der Waals surface area contributed by atoms with E-state index in [1.54, 1.807) is 11.8 Å². The van der Waals surface area contributed by atoms with E-state index in [2.05, 4.69) is 37.1 Å². The Balaban J connectivity index is 1.58. The zero-order valence-corrected chi connectivity index (χ0v) is 22.0. The summed E-state index contributed by atoms with van der Waals surface area (Å²) < 4.78 is 0. The quantitative estimate of drug-likeness (QED) is 0.602. The molecule has 1 saturated heterocycles. The third kappa shape index (κ3) is 7.58. The van der Waals surface area contributed by atoms with Crippen LogP contribution in [0.25, 0.3) is 0 Å². The van der Waals surface area contributed by atoms with E-state index >= 15 is 0 Å². The molecule has 0 bridgehead atoms. The van der Waals surface area contributed by atoms with E-state index in [9.17, 15) is 9.59 Å². The minimum atomic E-state index is -0.526. The van der Waals surface area contributed by atoms with Gasteiger partial charge in [-0.05, 0) is 59.2 Å². The fourth-order valence-electron chi connectivity index (χ4n) is 4.15. The van der Waals surface area contributed by atoms with E-state index in [1.165, 1.54) is 5.56 Å². The predicted octanol–water partition coefficient (Wildman–Crippen LogP) is 4.05. The summed E-state index contributed by atoms with van der Waals surface area (Å²) in [5.41, 5.74) is 3.59. The molecule has 6 nitrogen and oxygen atoms in total. The molecule has 3 rings (SSSR count). The molecule has 0 aliphatic carbocycles. The molecule has 2 amide bonds. The molecule has 1 fully saturated rings. The average molecular weight is 493 g/mol. The van der Waals surface area contributed by atoms with E-state index < -0.39 is 6.04 Å². The van der Waals surface area contributed by atoms with Crippen LogP contribution >= 0.6 is 11.8 Å². The van der Waals surface area contributed by atoms with Gasteiger partial charge in [-0.1, -0.05) is 45.0 Å². The molecule has 1 aliphatic heterocycles. The van der Waals surface area contributed by atoms with Gasteiger partial charge < -0.3 is 10.2 Å². The summed E-state index contributed by atoms with van der Waals surface area (Å²) in [7, 11) is 0. The fourth-order valence-corrected chi connectivity index (χ4v) is 4.62. The minimum absolute atomic E-state index is 0.00302. The van der Waals surface area contributed by atoms with Crippen LogP contribution in [0.1, 0.15) is 54.2 Å². The summed E-state index contributed by atoms with van der Waals surface area (Å²) in [4.78, 5) is 30.5. The molecule has 0 saturated carbocycles. The summed E-state index contributed by atoms with van der Waals surface area (Å²) in [5.74, 6) is 0.597. The van der Waals surface area contributed by atoms with Crippen molar-refractivity contribution in [2.45, 2.75) is 45.2 Å². The van der Waals surface area contributed by atoms with Crippen molar-refractivity contribution in [3.05, 3.63) is 70.8 Å². The number of carbonyl (C=O) groups excluding carboxylic acids is 2. The number of hydrogen-bond donors (Lipinski definition) is 1. The molecule has 1 atom stereocenters. The SMILES string of the molecule is CSCC[C@H](NC(=O)c1ccc(C(C)(C)C)cc1)C(=O)N1CCN(Cc2ccc(C#N)cc2)CC1. The standard InChI is InChI=1S/C28H36N4O2S/c1-28(2,3)24-11-9-23(10-12-24)26(33)30-25(13-18-35-4)27(34)32-16-14-31(15-17-32)20-22-7-5-21(19-29)6-8-22/h5-12,25H,13-18,20H2,1-4H3,(H,30,33)/t25-/m0/s1. The number of amides is 2. The molecule has 1 aliphatic rings. The van der Waals surface area contributed by atoms with E-state index in [-0.39, 0.29) is 17.2 Å². The van der Waals surface area contributed by atoms with Crippen LogP contribution in [0.5, 0.6) is 0 Å². The summed E-state index contributed by atoms with van der Waals surface area (Å²) in [6, 6.07) is 16.9. The highest BCUT2D eigenvalue weighted by atomic mass is 32.2. The molecule has 2 aromatic carbocycles. The first-order valence-corrected chi connectivity index (χ1v) is 13.5. The van der Waals surface area contributed by atoms with Gasteiger partial charge in [-0.25, -0.2) is 0 Å². The average Bonchev–Trinajstić information content (AvgIpc) is 2.86. The van der Waals surface area contributed by atoms with Gasteiger partial charge in [0.05, 0.1) is 11.6 Å². The largest absolute Gasteiger partial charge is 0.340 e. The highest BCUT2D eigenvalue weighted by Gasteiger charge is 2.29. The molecule has 2 aromatic rings. The number of piperazine rings is 1. The number of thioether (sulfide) groups is 1. The van der Waals surface area contributed by atoms with Crippen molar-refractivity contribution in [2.24, 2.45) is 0 Å². The van der Waals surface area contributed by atoms with Gasteiger partial charge in [-0.2, -0.15) is 17.0 Å². The van der Waals surface area contributed by atoms with Crippen molar-refractivity contribution in [2.75, 3.05) is 38.2 Å². The third-order valence-corrected chi connectivity index (χ3v) is 7.04. The lowest BCUT2D eigenvalue weighted by Gasteiger charge is -2.36. The molecular formula is C28H36N4O2S. The van der Waals surface area contributed by atoms with E-state index in [4.69, 9.17) is 5.26 Å². The van der Waals surface area contributed by atoms with E-state index in [0.29, 0.717) is 30.6 Å². The van der Waals surface area contributed by atoms with Gasteiger partial charge in [-0.15, -0.1) is 0 Å². The Morgan fingerprint density at radius 3 is 2.20 bits per heavy atom. The Morgan fingerprint density at radius 2 is 1.66 bits per heavy atom. The van der Waals surface area contributed by atoms with E-state index in [1.807, 2.05) is 59.7 Å². The van der Waals surface area contributed by atoms with Crippen molar-refractivity contribution in [3.63, 3.8) is 0 Å². The Bertz CT molecular complexity index is 1030. The van der Waals surface area contributed by atoms with Gasteiger partial charge in [0.2, 0.25) is 5.91 Å². The monoisotopic (exact) mass is 492 g/mol. The molecule has 1 N–H and O–H groups in total. The molecule has 0 spiro atoms. The zero-order valence-electron chi connectivity index (χ0n) is 21.2. The second-order valence-corrected chi connectivity index (χ2v) is 11.0. The number of benzene rings is 2. The molecule has 35 heavy (non-hydrogen) atoms. The van der Waals surface area contributed by atoms with Crippen molar-refractivity contribution in [3.8, 4) is 6.07 Å². The fraction of sp³-hybridized carbons (Fsp3) is 0.464. The molecule has 0 unspecified atom stereocenters. The Morgan fingerprint density at radius 1 is 1.03 bits per heavy atom. The summed E-state index contributed by atoms with van der Waals surface area (Å²) in [6.07, 6.45) is 2.62. The number of nitrogens with one attached hydrogen (secondary N) is 1. The van der Waals surface area contributed by atoms with Crippen LogP contribution in [0.15, 0.2) is 48.5 Å². The van der Waals surface area contributed by atoms with Crippen LogP contribution in [-0.4, -0.2) is 65.8 Å². The lowest BCUT2D eigenvalue weighted by Crippen LogP contribution is -2.54. The Kier molecular flexibility index (Phi) is 9.36. The van der Waals surface area contributed by atoms with E-state index in [0.717, 1.165) is 31.0 Å². The Hall–Kier alpha value is -2.82. The first-order valence-electron chi connectivity index (χ1n) is 12.1. The van der Waals surface area contributed by atoms with Gasteiger partial charge in [0.1, 0.15) is 6.04 Å². The number of rotatable bonds is 8. The van der Waals surface area contributed by atoms with Gasteiger partial charge >= 0.3 is 0 Å². The summed E-state index contributed by atoms with van der Waals surface area (Å²) in [6.45, 7) is 10.1. The topological polar surface area (TPSA) is 76.4 Å². The molecular weight excluding hydrogens is 456 g/mol. The lowest BCUT2D eigenvalue weighted by atomic mass is 9.86. The third-order valence-electron chi connectivity index (χ3n) is 6.40. The highest BCUT2D eigenvalue weighted by Crippen LogP contribution is 2.22. The van der Waals surface area contributed by atoms with Gasteiger partial charge in [0.15, 0.2) is 0 Å². The van der Waals surface area contributed by atoms with Crippen molar-refractivity contribution < 1.29 is 9.59 Å². The summed E-state index contributed by atoms with van der Waals surface area (Å²) >= 11 is 1.68. The van der Waals surface area contributed by atoms with Crippen LogP contribution in [-0.2, 0) is 16.8 Å². The normalized spacial score (nSPS) is 15.3. The van der Waals surface area contributed by atoms with Crippen molar-refractivity contribution in [1.82, 2.24) is 15.1 Å². The molecule has 0 aromatic heterocycles. The van der Waals surface area contributed by atoms with Crippen LogP contribution in [0, 0.1) is 11.3 Å². The molecule has 7 heteroatoms. The Labute approximate surface area is 213 Å². The summed E-state index contributed by atoms with van der Waals surface area (Å²) in [5, 5.41) is 12.0. The minimum Gasteiger partial charge on any atom is -0.340 e. The van der Waals surface area contributed by atoms with Gasteiger partial charge in [0.25, 0.3) is 5.91 Å². The first-order chi connectivity index (χ1) is 16.7. The van der Waals surface area contributed by atoms with Crippen molar-refractivity contribution in [1.29, 1.82) is 5.26 Å². The first kappa shape index (κ1) is 26.8. The molecule has 1 heterocycles. The maximum atomic E-state index is 13.3. The van der Waals surface area contributed by atoms with Crippen LogP contribution in [0.4, 0.5) is 0 Å². The predicted molar refractivity (Wildman–Crippen MR) is 142 cm³/mol. The maximum Gasteiger partial charge on any atom is 0.251 e. The lowest BCUT2D eigenvalue weighted by molar-refractivity contribution is -0.135. The number of hydrogen-bond acceptors (Lipinski definition) is 5. The number of nitriles is 1.